The van der Waals surface area contributed by atoms with Crippen molar-refractivity contribution in [2.45, 2.75) is 6.54 Å². The number of piperazine rings is 1. The largest absolute Gasteiger partial charge is 0.353 e. The van der Waals surface area contributed by atoms with Crippen molar-refractivity contribution in [3.63, 3.8) is 0 Å². The molecule has 4 rings (SSSR count). The van der Waals surface area contributed by atoms with Crippen LogP contribution in [0.3, 0.4) is 0 Å². The summed E-state index contributed by atoms with van der Waals surface area (Å²) < 4.78 is 0. The van der Waals surface area contributed by atoms with Crippen LogP contribution in [0.5, 0.6) is 0 Å². The standard InChI is InChI=1S/C19H18ClN5O2/c20-16-11-17-15(10-18(16)25(26)27)19(22-13-21-17)24-8-6-23(7-9-24)12-14-4-2-1-3-5-14/h1-5,10-11,13H,6-9,12H2. The predicted molar refractivity (Wildman–Crippen MR) is 105 cm³/mol. The van der Waals surface area contributed by atoms with E-state index in [0.717, 1.165) is 38.5 Å². The summed E-state index contributed by atoms with van der Waals surface area (Å²) in [7, 11) is 0. The summed E-state index contributed by atoms with van der Waals surface area (Å²) in [4.78, 5) is 23.9. The lowest BCUT2D eigenvalue weighted by molar-refractivity contribution is -0.384. The average Bonchev–Trinajstić information content (AvgIpc) is 2.68. The highest BCUT2D eigenvalue weighted by Gasteiger charge is 2.22. The van der Waals surface area contributed by atoms with E-state index in [0.29, 0.717) is 10.9 Å². The Labute approximate surface area is 161 Å². The van der Waals surface area contributed by atoms with Crippen molar-refractivity contribution < 1.29 is 4.92 Å². The van der Waals surface area contributed by atoms with Crippen molar-refractivity contribution in [3.8, 4) is 0 Å². The Hall–Kier alpha value is -2.77. The van der Waals surface area contributed by atoms with Gasteiger partial charge >= 0.3 is 0 Å². The summed E-state index contributed by atoms with van der Waals surface area (Å²) in [6, 6.07) is 13.4. The van der Waals surface area contributed by atoms with Crippen molar-refractivity contribution in [2.24, 2.45) is 0 Å². The summed E-state index contributed by atoms with van der Waals surface area (Å²) in [5.74, 6) is 0.721. The highest BCUT2D eigenvalue weighted by molar-refractivity contribution is 6.33. The van der Waals surface area contributed by atoms with E-state index in [9.17, 15) is 10.1 Å². The fourth-order valence-corrected chi connectivity index (χ4v) is 3.63. The van der Waals surface area contributed by atoms with Crippen LogP contribution in [-0.4, -0.2) is 46.0 Å². The van der Waals surface area contributed by atoms with Gasteiger partial charge in [0.2, 0.25) is 0 Å². The van der Waals surface area contributed by atoms with E-state index in [4.69, 9.17) is 11.6 Å². The highest BCUT2D eigenvalue weighted by atomic mass is 35.5. The Balaban J connectivity index is 1.55. The molecule has 138 valence electrons. The smallest absolute Gasteiger partial charge is 0.288 e. The van der Waals surface area contributed by atoms with Gasteiger partial charge in [-0.2, -0.15) is 0 Å². The Kier molecular flexibility index (Phi) is 4.87. The maximum Gasteiger partial charge on any atom is 0.288 e. The zero-order chi connectivity index (χ0) is 18.8. The van der Waals surface area contributed by atoms with Gasteiger partial charge in [0.25, 0.3) is 5.69 Å². The van der Waals surface area contributed by atoms with Gasteiger partial charge in [-0.05, 0) is 11.6 Å². The molecule has 0 bridgehead atoms. The number of nitrogens with zero attached hydrogens (tertiary/aromatic N) is 5. The van der Waals surface area contributed by atoms with Crippen molar-refractivity contribution in [1.29, 1.82) is 0 Å². The Morgan fingerprint density at radius 1 is 1.07 bits per heavy atom. The monoisotopic (exact) mass is 383 g/mol. The first-order chi connectivity index (χ1) is 13.1. The number of nitro groups is 1. The number of aromatic nitrogens is 2. The van der Waals surface area contributed by atoms with Crippen molar-refractivity contribution >= 4 is 34.0 Å². The van der Waals surface area contributed by atoms with Gasteiger partial charge in [0.1, 0.15) is 17.2 Å². The topological polar surface area (TPSA) is 75.4 Å². The summed E-state index contributed by atoms with van der Waals surface area (Å²) in [5.41, 5.74) is 1.79. The fourth-order valence-electron chi connectivity index (χ4n) is 3.40. The van der Waals surface area contributed by atoms with Crippen LogP contribution in [0.4, 0.5) is 11.5 Å². The van der Waals surface area contributed by atoms with Gasteiger partial charge in [-0.25, -0.2) is 9.97 Å². The van der Waals surface area contributed by atoms with Crippen LogP contribution in [0.25, 0.3) is 10.9 Å². The van der Waals surface area contributed by atoms with E-state index < -0.39 is 4.92 Å². The first kappa shape index (κ1) is 17.6. The highest BCUT2D eigenvalue weighted by Crippen LogP contribution is 2.33. The molecule has 1 aliphatic rings. The maximum atomic E-state index is 11.2. The second-order valence-electron chi connectivity index (χ2n) is 6.52. The molecule has 0 aliphatic carbocycles. The van der Waals surface area contributed by atoms with Gasteiger partial charge in [-0.15, -0.1) is 0 Å². The Morgan fingerprint density at radius 3 is 2.52 bits per heavy atom. The molecule has 1 aromatic heterocycles. The third kappa shape index (κ3) is 3.70. The molecule has 0 atom stereocenters. The molecule has 0 unspecified atom stereocenters. The number of nitro benzene ring substituents is 1. The lowest BCUT2D eigenvalue weighted by Gasteiger charge is -2.35. The van der Waals surface area contributed by atoms with Crippen molar-refractivity contribution in [2.75, 3.05) is 31.1 Å². The van der Waals surface area contributed by atoms with E-state index in [2.05, 4.69) is 44.0 Å². The van der Waals surface area contributed by atoms with Crippen molar-refractivity contribution in [3.05, 3.63) is 69.5 Å². The van der Waals surface area contributed by atoms with E-state index in [-0.39, 0.29) is 10.7 Å². The van der Waals surface area contributed by atoms with Crippen LogP contribution in [0.1, 0.15) is 5.56 Å². The van der Waals surface area contributed by atoms with Crippen molar-refractivity contribution in [1.82, 2.24) is 14.9 Å². The number of rotatable bonds is 4. The molecule has 27 heavy (non-hydrogen) atoms. The van der Waals surface area contributed by atoms with Crippen LogP contribution in [0, 0.1) is 10.1 Å². The van der Waals surface area contributed by atoms with E-state index in [1.807, 2.05) is 6.07 Å². The molecule has 0 amide bonds. The van der Waals surface area contributed by atoms with Crippen LogP contribution in [-0.2, 0) is 6.54 Å². The van der Waals surface area contributed by atoms with Gasteiger partial charge in [-0.1, -0.05) is 41.9 Å². The second kappa shape index (κ2) is 7.46. The molecular formula is C19H18ClN5O2. The Bertz CT molecular complexity index is 975. The zero-order valence-corrected chi connectivity index (χ0v) is 15.3. The second-order valence-corrected chi connectivity index (χ2v) is 6.93. The summed E-state index contributed by atoms with van der Waals surface area (Å²) in [5, 5.41) is 12.0. The first-order valence-corrected chi connectivity index (χ1v) is 9.09. The molecule has 1 aliphatic heterocycles. The summed E-state index contributed by atoms with van der Waals surface area (Å²) >= 11 is 6.01. The molecule has 8 heteroatoms. The molecule has 1 fully saturated rings. The van der Waals surface area contributed by atoms with Crippen LogP contribution in [0.15, 0.2) is 48.8 Å². The van der Waals surface area contributed by atoms with Gasteiger partial charge in [0.15, 0.2) is 0 Å². The van der Waals surface area contributed by atoms with Crippen LogP contribution in [0.2, 0.25) is 5.02 Å². The molecule has 0 saturated carbocycles. The normalized spacial score (nSPS) is 15.2. The molecule has 0 radical (unpaired) electrons. The number of hydrogen-bond donors (Lipinski definition) is 0. The Morgan fingerprint density at radius 2 is 1.81 bits per heavy atom. The molecule has 1 saturated heterocycles. The minimum atomic E-state index is -0.476. The maximum absolute atomic E-state index is 11.2. The third-order valence-corrected chi connectivity index (χ3v) is 5.10. The number of halogens is 1. The first-order valence-electron chi connectivity index (χ1n) is 8.72. The summed E-state index contributed by atoms with van der Waals surface area (Å²) in [6.07, 6.45) is 1.48. The fraction of sp³-hybridized carbons (Fsp3) is 0.263. The van der Waals surface area contributed by atoms with Crippen LogP contribution < -0.4 is 4.90 Å². The minimum Gasteiger partial charge on any atom is -0.353 e. The van der Waals surface area contributed by atoms with Crippen LogP contribution >= 0.6 is 11.6 Å². The molecule has 3 aromatic rings. The number of benzene rings is 2. The van der Waals surface area contributed by atoms with E-state index in [1.54, 1.807) is 0 Å². The molecule has 0 spiro atoms. The lowest BCUT2D eigenvalue weighted by Crippen LogP contribution is -2.46. The summed E-state index contributed by atoms with van der Waals surface area (Å²) in [6.45, 7) is 4.32. The minimum absolute atomic E-state index is 0.0878. The molecule has 2 heterocycles. The average molecular weight is 384 g/mol. The van der Waals surface area contributed by atoms with Gasteiger partial charge < -0.3 is 4.90 Å². The van der Waals surface area contributed by atoms with Gasteiger partial charge in [-0.3, -0.25) is 15.0 Å². The number of hydrogen-bond acceptors (Lipinski definition) is 6. The lowest BCUT2D eigenvalue weighted by atomic mass is 10.1. The van der Waals surface area contributed by atoms with E-state index >= 15 is 0 Å². The molecular weight excluding hydrogens is 366 g/mol. The molecule has 2 aromatic carbocycles. The zero-order valence-electron chi connectivity index (χ0n) is 14.6. The third-order valence-electron chi connectivity index (χ3n) is 4.80. The van der Waals surface area contributed by atoms with Gasteiger partial charge in [0, 0.05) is 44.2 Å². The van der Waals surface area contributed by atoms with E-state index in [1.165, 1.54) is 24.0 Å². The molecule has 7 nitrogen and oxygen atoms in total. The van der Waals surface area contributed by atoms with Gasteiger partial charge in [0.05, 0.1) is 10.4 Å². The quantitative estimate of drug-likeness (QED) is 0.507. The predicted octanol–water partition coefficient (Wildman–Crippen LogP) is 3.51. The number of anilines is 1. The SMILES string of the molecule is O=[N+]([O-])c1cc2c(N3CCN(Cc4ccccc4)CC3)ncnc2cc1Cl. The molecule has 0 N–H and O–H groups in total. The number of fused-ring (bicyclic) bond motifs is 1.